The van der Waals surface area contributed by atoms with Gasteiger partial charge in [0.25, 0.3) is 0 Å². The molecule has 1 nitrogen and oxygen atoms in total. The van der Waals surface area contributed by atoms with Crippen LogP contribution in [0.5, 0.6) is 5.75 Å². The van der Waals surface area contributed by atoms with Crippen LogP contribution in [0.1, 0.15) is 0 Å². The molecular weight excluding hydrogens is 272 g/mol. The molecule has 2 rings (SSSR count). The summed E-state index contributed by atoms with van der Waals surface area (Å²) < 4.78 is 7.31. The van der Waals surface area contributed by atoms with Crippen LogP contribution in [-0.4, -0.2) is 7.11 Å². The Morgan fingerprint density at radius 3 is 2.92 bits per heavy atom. The molecule has 0 amide bonds. The molecule has 1 aromatic carbocycles. The first-order valence-corrected chi connectivity index (χ1v) is 5.68. The fourth-order valence-corrected chi connectivity index (χ4v) is 3.10. The number of hydrogen-bond acceptors (Lipinski definition) is 2. The third kappa shape index (κ3) is 1.45. The van der Waals surface area contributed by atoms with Crippen molar-refractivity contribution in [3.63, 3.8) is 0 Å². The second kappa shape index (κ2) is 3.48. The highest BCUT2D eigenvalue weighted by atomic mass is 79.9. The van der Waals surface area contributed by atoms with Gasteiger partial charge in [-0.3, -0.25) is 0 Å². The molecular formula is C9H6BrClOS. The molecule has 0 aliphatic heterocycles. The molecule has 0 fully saturated rings. The molecule has 0 radical (unpaired) electrons. The van der Waals surface area contributed by atoms with Gasteiger partial charge in [-0.25, -0.2) is 0 Å². The summed E-state index contributed by atoms with van der Waals surface area (Å²) >= 11 is 11.1. The summed E-state index contributed by atoms with van der Waals surface area (Å²) in [6.07, 6.45) is 0. The third-order valence-corrected chi connectivity index (χ3v) is 3.89. The van der Waals surface area contributed by atoms with Gasteiger partial charge in [0.15, 0.2) is 0 Å². The second-order valence-electron chi connectivity index (χ2n) is 2.54. The molecule has 0 N–H and O–H groups in total. The number of rotatable bonds is 1. The van der Waals surface area contributed by atoms with Gasteiger partial charge >= 0.3 is 0 Å². The Morgan fingerprint density at radius 2 is 2.23 bits per heavy atom. The zero-order chi connectivity index (χ0) is 9.42. The molecule has 0 saturated carbocycles. The summed E-state index contributed by atoms with van der Waals surface area (Å²) in [6, 6.07) is 3.81. The highest BCUT2D eigenvalue weighted by Gasteiger charge is 2.10. The molecule has 0 aliphatic carbocycles. The molecule has 2 aromatic rings. The zero-order valence-electron chi connectivity index (χ0n) is 6.80. The Labute approximate surface area is 93.4 Å². The van der Waals surface area contributed by atoms with Crippen molar-refractivity contribution in [3.8, 4) is 5.75 Å². The van der Waals surface area contributed by atoms with Crippen LogP contribution in [0.2, 0.25) is 5.02 Å². The molecule has 13 heavy (non-hydrogen) atoms. The first-order chi connectivity index (χ1) is 6.24. The van der Waals surface area contributed by atoms with Crippen molar-refractivity contribution < 1.29 is 4.74 Å². The first kappa shape index (κ1) is 9.31. The summed E-state index contributed by atoms with van der Waals surface area (Å²) in [7, 11) is 1.66. The Hall–Kier alpha value is -0.250. The summed E-state index contributed by atoms with van der Waals surface area (Å²) in [4.78, 5) is 0. The minimum atomic E-state index is 0.770. The van der Waals surface area contributed by atoms with Gasteiger partial charge in [0.2, 0.25) is 0 Å². The Kier molecular flexibility index (Phi) is 2.49. The Bertz CT molecular complexity index is 452. The largest absolute Gasteiger partial charge is 0.495 e. The molecule has 4 heteroatoms. The van der Waals surface area contributed by atoms with E-state index in [1.807, 2.05) is 17.5 Å². The summed E-state index contributed by atoms with van der Waals surface area (Å²) in [6.45, 7) is 0. The number of hydrogen-bond donors (Lipinski definition) is 0. The number of fused-ring (bicyclic) bond motifs is 1. The van der Waals surface area contributed by atoms with Crippen molar-refractivity contribution in [3.05, 3.63) is 27.0 Å². The molecule has 0 spiro atoms. The van der Waals surface area contributed by atoms with E-state index in [1.165, 1.54) is 0 Å². The van der Waals surface area contributed by atoms with E-state index < -0.39 is 0 Å². The Balaban J connectivity index is 2.87. The van der Waals surface area contributed by atoms with Crippen LogP contribution in [0.15, 0.2) is 22.0 Å². The van der Waals surface area contributed by atoms with Crippen LogP contribution in [0, 0.1) is 0 Å². The van der Waals surface area contributed by atoms with E-state index in [9.17, 15) is 0 Å². The van der Waals surface area contributed by atoms with Crippen molar-refractivity contribution >= 4 is 49.0 Å². The van der Waals surface area contributed by atoms with Crippen molar-refractivity contribution in [2.75, 3.05) is 7.11 Å². The van der Waals surface area contributed by atoms with Gasteiger partial charge < -0.3 is 4.74 Å². The van der Waals surface area contributed by atoms with Gasteiger partial charge in [-0.05, 0) is 28.1 Å². The van der Waals surface area contributed by atoms with Crippen molar-refractivity contribution in [1.82, 2.24) is 0 Å². The van der Waals surface area contributed by atoms with Crippen molar-refractivity contribution in [2.45, 2.75) is 0 Å². The van der Waals surface area contributed by atoms with Crippen LogP contribution < -0.4 is 4.74 Å². The van der Waals surface area contributed by atoms with E-state index >= 15 is 0 Å². The maximum atomic E-state index is 6.03. The van der Waals surface area contributed by atoms with Gasteiger partial charge in [-0.15, -0.1) is 11.3 Å². The Morgan fingerprint density at radius 1 is 1.46 bits per heavy atom. The molecule has 0 atom stereocenters. The summed E-state index contributed by atoms with van der Waals surface area (Å²) in [5.41, 5.74) is 0. The van der Waals surface area contributed by atoms with Gasteiger partial charge in [-0.2, -0.15) is 0 Å². The maximum Gasteiger partial charge on any atom is 0.138 e. The lowest BCUT2D eigenvalue weighted by atomic mass is 10.2. The standard InChI is InChI=1S/C9H6BrClOS/c1-12-7-4-13-9-6(11)3-2-5(10)8(7)9/h2-4H,1H3. The van der Waals surface area contributed by atoms with Crippen LogP contribution in [0.4, 0.5) is 0 Å². The second-order valence-corrected chi connectivity index (χ2v) is 4.68. The van der Waals surface area contributed by atoms with E-state index in [-0.39, 0.29) is 0 Å². The first-order valence-electron chi connectivity index (χ1n) is 3.63. The summed E-state index contributed by atoms with van der Waals surface area (Å²) in [5.74, 6) is 0.870. The average molecular weight is 278 g/mol. The van der Waals surface area contributed by atoms with E-state index in [2.05, 4.69) is 15.9 Å². The van der Waals surface area contributed by atoms with E-state index in [0.29, 0.717) is 0 Å². The topological polar surface area (TPSA) is 9.23 Å². The fourth-order valence-electron chi connectivity index (χ4n) is 1.20. The lowest BCUT2D eigenvalue weighted by Gasteiger charge is -2.00. The normalized spacial score (nSPS) is 10.7. The van der Waals surface area contributed by atoms with Gasteiger partial charge in [0.05, 0.1) is 22.2 Å². The predicted octanol–water partition coefficient (Wildman–Crippen LogP) is 4.33. The van der Waals surface area contributed by atoms with Gasteiger partial charge in [-0.1, -0.05) is 11.6 Å². The predicted molar refractivity (Wildman–Crippen MR) is 61.1 cm³/mol. The van der Waals surface area contributed by atoms with E-state index in [1.54, 1.807) is 18.4 Å². The van der Waals surface area contributed by atoms with Gasteiger partial charge in [0.1, 0.15) is 5.75 Å². The number of methoxy groups -OCH3 is 1. The fraction of sp³-hybridized carbons (Fsp3) is 0.111. The average Bonchev–Trinajstić information content (AvgIpc) is 2.56. The minimum absolute atomic E-state index is 0.770. The number of benzene rings is 1. The monoisotopic (exact) mass is 276 g/mol. The van der Waals surface area contributed by atoms with Crippen molar-refractivity contribution in [2.24, 2.45) is 0 Å². The SMILES string of the molecule is COc1csc2c(Cl)ccc(Br)c12. The molecule has 0 unspecified atom stereocenters. The smallest absolute Gasteiger partial charge is 0.138 e. The van der Waals surface area contributed by atoms with Crippen LogP contribution in [-0.2, 0) is 0 Å². The molecule has 0 bridgehead atoms. The molecule has 68 valence electrons. The molecule has 0 aliphatic rings. The van der Waals surface area contributed by atoms with Crippen LogP contribution in [0.25, 0.3) is 10.1 Å². The van der Waals surface area contributed by atoms with Crippen molar-refractivity contribution in [1.29, 1.82) is 0 Å². The molecule has 1 heterocycles. The molecule has 0 saturated heterocycles. The van der Waals surface area contributed by atoms with Gasteiger partial charge in [0, 0.05) is 9.85 Å². The lowest BCUT2D eigenvalue weighted by Crippen LogP contribution is -1.80. The highest BCUT2D eigenvalue weighted by molar-refractivity contribution is 9.10. The number of halogens is 2. The molecule has 1 aromatic heterocycles. The number of thiophene rings is 1. The van der Waals surface area contributed by atoms with E-state index in [0.717, 1.165) is 25.3 Å². The minimum Gasteiger partial charge on any atom is -0.495 e. The summed E-state index contributed by atoms with van der Waals surface area (Å²) in [5, 5.41) is 3.79. The van der Waals surface area contributed by atoms with Crippen LogP contribution in [0.3, 0.4) is 0 Å². The van der Waals surface area contributed by atoms with Crippen LogP contribution >= 0.6 is 38.9 Å². The third-order valence-electron chi connectivity index (χ3n) is 1.81. The van der Waals surface area contributed by atoms with E-state index in [4.69, 9.17) is 16.3 Å². The quantitative estimate of drug-likeness (QED) is 0.754. The maximum absolute atomic E-state index is 6.03. The highest BCUT2D eigenvalue weighted by Crippen LogP contribution is 2.40. The number of ether oxygens (including phenoxy) is 1. The zero-order valence-corrected chi connectivity index (χ0v) is 9.96. The lowest BCUT2D eigenvalue weighted by molar-refractivity contribution is 0.421.